The lowest BCUT2D eigenvalue weighted by molar-refractivity contribution is 0.444. The zero-order chi connectivity index (χ0) is 99.6. The Labute approximate surface area is 867 Å². The lowest BCUT2D eigenvalue weighted by atomic mass is 9.82. The molecular formula is C140H128N4O4. The summed E-state index contributed by atoms with van der Waals surface area (Å²) in [7, 11) is 0. The Morgan fingerprint density at radius 2 is 0.419 bits per heavy atom. The van der Waals surface area contributed by atoms with Crippen molar-refractivity contribution in [3.05, 3.63) is 383 Å². The summed E-state index contributed by atoms with van der Waals surface area (Å²) < 4.78 is 28.5. The second-order valence-corrected chi connectivity index (χ2v) is 46.1. The predicted molar refractivity (Wildman–Crippen MR) is 628 cm³/mol. The van der Waals surface area contributed by atoms with Crippen LogP contribution in [-0.2, 0) is 10.8 Å². The maximum Gasteiger partial charge on any atom is 0.159 e. The zero-order valence-corrected chi connectivity index (χ0v) is 87.1. The van der Waals surface area contributed by atoms with Gasteiger partial charge in [-0.3, -0.25) is 0 Å². The summed E-state index contributed by atoms with van der Waals surface area (Å²) in [4.78, 5) is 10.3. The summed E-state index contributed by atoms with van der Waals surface area (Å²) in [6.45, 7) is 22.8. The van der Waals surface area contributed by atoms with Crippen LogP contribution in [-0.4, -0.2) is 0 Å². The molecule has 0 radical (unpaired) electrons. The molecule has 8 nitrogen and oxygen atoms in total. The minimum atomic E-state index is 0.00961. The van der Waals surface area contributed by atoms with Crippen molar-refractivity contribution in [2.75, 3.05) is 19.6 Å². The van der Waals surface area contributed by atoms with Crippen molar-refractivity contribution in [3.8, 4) is 0 Å². The number of hydrogen-bond donors (Lipinski definition) is 0. The molecule has 24 aromatic rings. The molecule has 4 aromatic heterocycles. The quantitative estimate of drug-likeness (QED) is 0.0887. The van der Waals surface area contributed by atoms with E-state index in [4.69, 9.17) is 17.7 Å². The standard InChI is InChI=1S/C72H68N2O2.C68H60N2O2/c1-71(2,3)49-29-33-51(34-30-49)73(67-53(45-17-9-7-10-18-45)39-41-57-55-21-13-15-23-63(55)75-69(57)67)61-43-27-47-26-38-60-62(44-28-48-25-37-59(61)65(47)66(48)60)74(52-35-31-50(32-36-52)72(4,5)6)68-54(46-19-11-8-12-20-46)40-42-58-56-22-14-16-24-64(56)76-70(58)68;1-41-35-42(2)38-49(37-41)69(65-51(45-15-7-5-8-16-45)29-31-55-53-19-11-13-21-61(53)71-67(55)65)59-33-25-47-24-28-58-60(34-26-48-23-27-57(59)63(47)64(48)58)70(50-39-43(3)36-44(4)40-50)66-52(46-17-9-6-10-18-46)30-32-56-54-20-12-14-22-62(54)72-68(56)66/h13-16,21-46H,7-12,17-20H2,1-6H3;11-14,19-40,45-46H,5-10,15-18H2,1-4H3. The Morgan fingerprint density at radius 1 is 0.203 bits per heavy atom. The van der Waals surface area contributed by atoms with Crippen molar-refractivity contribution in [3.63, 3.8) is 0 Å². The first-order valence-electron chi connectivity index (χ1n) is 55.1. The van der Waals surface area contributed by atoms with Gasteiger partial charge in [0.05, 0.1) is 45.5 Å². The molecule has 732 valence electrons. The van der Waals surface area contributed by atoms with Crippen LogP contribution < -0.4 is 19.6 Å². The molecule has 0 spiro atoms. The Bertz CT molecular complexity index is 8730. The monoisotopic (exact) mass is 1930 g/mol. The van der Waals surface area contributed by atoms with Crippen LogP contribution in [0.4, 0.5) is 68.2 Å². The molecule has 8 heteroatoms. The second kappa shape index (κ2) is 36.5. The Balaban J connectivity index is 0.000000146. The van der Waals surface area contributed by atoms with E-state index in [9.17, 15) is 0 Å². The number of fused-ring (bicyclic) bond motifs is 12. The zero-order valence-electron chi connectivity index (χ0n) is 87.1. The van der Waals surface area contributed by atoms with E-state index in [2.05, 4.69) is 416 Å². The molecule has 4 saturated carbocycles. The summed E-state index contributed by atoms with van der Waals surface area (Å²) in [6.07, 6.45) is 24.6. The molecule has 4 aliphatic carbocycles. The SMILES string of the molecule is CC(C)(C)c1ccc(N(c2ccc3ccc4c(N(c5ccc(C(C)(C)C)cc5)c5c(C6CCCCC6)ccc6c5oc5ccccc56)ccc5ccc2c3c54)c2c(C3CCCCC3)ccc3c2oc2ccccc23)cc1.Cc1cc(C)cc(N(c2ccc3ccc4c(N(c5cc(C)cc(C)c5)c5c(C6CCCCC6)ccc6c5oc5ccccc56)ccc5ccc2c3c54)c2c(C3CCCCC3)ccc3c2oc2ccccc23)c1. The molecule has 0 saturated heterocycles. The highest BCUT2D eigenvalue weighted by Gasteiger charge is 2.38. The number of benzene rings is 20. The Kier molecular flexibility index (Phi) is 22.6. The fourth-order valence-electron chi connectivity index (χ4n) is 27.3. The maximum atomic E-state index is 7.14. The van der Waals surface area contributed by atoms with Gasteiger partial charge in [0.25, 0.3) is 0 Å². The molecule has 148 heavy (non-hydrogen) atoms. The molecule has 0 bridgehead atoms. The largest absolute Gasteiger partial charge is 0.454 e. The van der Waals surface area contributed by atoms with Gasteiger partial charge in [0.2, 0.25) is 0 Å². The molecule has 20 aromatic carbocycles. The number of anilines is 12. The Hall–Kier alpha value is -15.1. The minimum Gasteiger partial charge on any atom is -0.454 e. The third-order valence-electron chi connectivity index (χ3n) is 34.4. The summed E-state index contributed by atoms with van der Waals surface area (Å²) in [5.74, 6) is 1.73. The van der Waals surface area contributed by atoms with E-state index < -0.39 is 0 Å². The molecule has 0 aliphatic heterocycles. The van der Waals surface area contributed by atoms with Gasteiger partial charge in [0.15, 0.2) is 22.3 Å². The lowest BCUT2D eigenvalue weighted by Crippen LogP contribution is -2.17. The number of hydrogen-bond acceptors (Lipinski definition) is 8. The van der Waals surface area contributed by atoms with Crippen molar-refractivity contribution in [1.82, 2.24) is 0 Å². The van der Waals surface area contributed by atoms with Gasteiger partial charge in [-0.2, -0.15) is 0 Å². The molecule has 0 amide bonds. The number of furan rings is 4. The van der Waals surface area contributed by atoms with E-state index >= 15 is 0 Å². The third-order valence-corrected chi connectivity index (χ3v) is 34.4. The van der Waals surface area contributed by atoms with E-state index in [-0.39, 0.29) is 10.8 Å². The van der Waals surface area contributed by atoms with Gasteiger partial charge in [-0.15, -0.1) is 0 Å². The maximum absolute atomic E-state index is 7.14. The van der Waals surface area contributed by atoms with Crippen LogP contribution in [0.5, 0.6) is 0 Å². The van der Waals surface area contributed by atoms with Gasteiger partial charge in [-0.1, -0.05) is 349 Å². The number of para-hydroxylation sites is 4. The third kappa shape index (κ3) is 15.5. The molecule has 4 fully saturated rings. The van der Waals surface area contributed by atoms with Crippen molar-refractivity contribution in [2.24, 2.45) is 0 Å². The van der Waals surface area contributed by atoms with Crippen LogP contribution in [0.3, 0.4) is 0 Å². The summed E-state index contributed by atoms with van der Waals surface area (Å²) in [5, 5.41) is 24.2. The van der Waals surface area contributed by atoms with Crippen LogP contribution in [0.25, 0.3) is 152 Å². The second-order valence-electron chi connectivity index (χ2n) is 46.1. The van der Waals surface area contributed by atoms with E-state index in [1.165, 1.54) is 271 Å². The number of rotatable bonds is 16. The van der Waals surface area contributed by atoms with Gasteiger partial charge < -0.3 is 37.3 Å². The van der Waals surface area contributed by atoms with Gasteiger partial charge in [0.1, 0.15) is 22.3 Å². The van der Waals surface area contributed by atoms with Crippen LogP contribution in [0.15, 0.2) is 345 Å². The number of nitrogens with zero attached hydrogens (tertiary/aromatic N) is 4. The highest BCUT2D eigenvalue weighted by atomic mass is 16.3. The normalized spacial score (nSPS) is 15.3. The van der Waals surface area contributed by atoms with Gasteiger partial charge in [0, 0.05) is 87.4 Å². The molecule has 0 N–H and O–H groups in total. The van der Waals surface area contributed by atoms with Crippen LogP contribution in [0, 0.1) is 27.7 Å². The van der Waals surface area contributed by atoms with Gasteiger partial charge in [-0.05, 0) is 309 Å². The van der Waals surface area contributed by atoms with Crippen molar-refractivity contribution >= 4 is 221 Å². The fraction of sp³-hybridized carbons (Fsp3) is 0.257. The first kappa shape index (κ1) is 91.6. The molecule has 4 heterocycles. The minimum absolute atomic E-state index is 0.00961. The first-order valence-corrected chi connectivity index (χ1v) is 55.1. The van der Waals surface area contributed by atoms with Crippen LogP contribution in [0.1, 0.15) is 249 Å². The highest BCUT2D eigenvalue weighted by molar-refractivity contribution is 6.31. The topological polar surface area (TPSA) is 65.5 Å². The van der Waals surface area contributed by atoms with Crippen LogP contribution in [0.2, 0.25) is 0 Å². The highest BCUT2D eigenvalue weighted by Crippen LogP contribution is 2.60. The van der Waals surface area contributed by atoms with E-state index in [0.717, 1.165) is 133 Å². The fourth-order valence-corrected chi connectivity index (χ4v) is 27.3. The van der Waals surface area contributed by atoms with Crippen molar-refractivity contribution < 1.29 is 17.7 Å². The van der Waals surface area contributed by atoms with E-state index in [0.29, 0.717) is 23.7 Å². The molecule has 28 rings (SSSR count). The predicted octanol–water partition coefficient (Wildman–Crippen LogP) is 42.7. The Morgan fingerprint density at radius 3 is 0.655 bits per heavy atom. The summed E-state index contributed by atoms with van der Waals surface area (Å²) in [5.41, 5.74) is 34.6. The average Bonchev–Trinajstić information content (AvgIpc) is 1.33. The average molecular weight is 1930 g/mol. The van der Waals surface area contributed by atoms with Crippen molar-refractivity contribution in [2.45, 2.75) is 232 Å². The molecular weight excluding hydrogens is 1800 g/mol. The lowest BCUT2D eigenvalue weighted by Gasteiger charge is -2.34. The smallest absolute Gasteiger partial charge is 0.159 e. The first-order chi connectivity index (χ1) is 72.3. The van der Waals surface area contributed by atoms with Gasteiger partial charge >= 0.3 is 0 Å². The summed E-state index contributed by atoms with van der Waals surface area (Å²) >= 11 is 0. The van der Waals surface area contributed by atoms with E-state index in [1.807, 2.05) is 0 Å². The molecule has 0 unspecified atom stereocenters. The van der Waals surface area contributed by atoms with Crippen molar-refractivity contribution in [1.29, 1.82) is 0 Å². The van der Waals surface area contributed by atoms with Gasteiger partial charge in [-0.25, -0.2) is 0 Å². The molecule has 4 aliphatic rings. The van der Waals surface area contributed by atoms with E-state index in [1.54, 1.807) is 0 Å². The molecule has 0 atom stereocenters. The number of aryl methyl sites for hydroxylation is 4. The summed E-state index contributed by atoms with van der Waals surface area (Å²) in [6, 6.07) is 124. The van der Waals surface area contributed by atoms with Crippen LogP contribution >= 0.6 is 0 Å².